The van der Waals surface area contributed by atoms with E-state index in [1.807, 2.05) is 19.1 Å². The second-order valence-corrected chi connectivity index (χ2v) is 2.02. The lowest BCUT2D eigenvalue weighted by Gasteiger charge is -1.96. The molecule has 0 aromatic rings. The molecule has 0 saturated carbocycles. The molecule has 0 aromatic carbocycles. The van der Waals surface area contributed by atoms with Crippen LogP contribution in [-0.4, -0.2) is 11.7 Å². The van der Waals surface area contributed by atoms with Gasteiger partial charge in [0.2, 0.25) is 0 Å². The molecule has 2 nitrogen and oxygen atoms in total. The SMILES string of the molecule is CC=CCCNC([NH])=S. The molecular formula is C6H11N2S. The Balaban J connectivity index is 3.01. The molecule has 0 bridgehead atoms. The third-order valence-electron chi connectivity index (χ3n) is 0.832. The molecule has 1 radical (unpaired) electrons. The Bertz CT molecular complexity index is 110. The predicted octanol–water partition coefficient (Wildman–Crippen LogP) is 1.11. The van der Waals surface area contributed by atoms with E-state index in [0.717, 1.165) is 13.0 Å². The fourth-order valence-corrected chi connectivity index (χ4v) is 0.538. The molecule has 0 spiro atoms. The van der Waals surface area contributed by atoms with E-state index < -0.39 is 0 Å². The van der Waals surface area contributed by atoms with Crippen molar-refractivity contribution < 1.29 is 0 Å². The van der Waals surface area contributed by atoms with E-state index >= 15 is 0 Å². The molecule has 0 atom stereocenters. The highest BCUT2D eigenvalue weighted by Gasteiger charge is 1.82. The van der Waals surface area contributed by atoms with Crippen molar-refractivity contribution >= 4 is 17.3 Å². The molecule has 0 aliphatic rings. The first kappa shape index (κ1) is 8.43. The summed E-state index contributed by atoms with van der Waals surface area (Å²) in [5, 5.41) is 2.85. The van der Waals surface area contributed by atoms with Gasteiger partial charge >= 0.3 is 0 Å². The first-order valence-corrected chi connectivity index (χ1v) is 3.28. The number of nitrogens with one attached hydrogen (secondary N) is 2. The number of rotatable bonds is 3. The van der Waals surface area contributed by atoms with Crippen molar-refractivity contribution in [3.8, 4) is 0 Å². The summed E-state index contributed by atoms with van der Waals surface area (Å²) in [7, 11) is 0. The van der Waals surface area contributed by atoms with Crippen molar-refractivity contribution in [2.24, 2.45) is 0 Å². The maximum absolute atomic E-state index is 6.81. The maximum atomic E-state index is 6.81. The lowest BCUT2D eigenvalue weighted by Crippen LogP contribution is -2.22. The molecule has 0 aromatic heterocycles. The van der Waals surface area contributed by atoms with Gasteiger partial charge in [0.15, 0.2) is 5.11 Å². The van der Waals surface area contributed by atoms with E-state index in [0.29, 0.717) is 0 Å². The Morgan fingerprint density at radius 3 is 2.89 bits per heavy atom. The smallest absolute Gasteiger partial charge is 0.185 e. The fraction of sp³-hybridized carbons (Fsp3) is 0.500. The predicted molar refractivity (Wildman–Crippen MR) is 43.1 cm³/mol. The zero-order chi connectivity index (χ0) is 7.11. The minimum atomic E-state index is 0.125. The highest BCUT2D eigenvalue weighted by atomic mass is 32.1. The quantitative estimate of drug-likeness (QED) is 0.365. The largest absolute Gasteiger partial charge is 0.361 e. The van der Waals surface area contributed by atoms with Gasteiger partial charge in [-0.05, 0) is 25.6 Å². The molecule has 0 fully saturated rings. The van der Waals surface area contributed by atoms with Crippen LogP contribution < -0.4 is 11.1 Å². The van der Waals surface area contributed by atoms with Crippen LogP contribution in [0, 0.1) is 0 Å². The topological polar surface area (TPSA) is 35.8 Å². The summed E-state index contributed by atoms with van der Waals surface area (Å²) in [5.74, 6) is 0. The highest BCUT2D eigenvalue weighted by molar-refractivity contribution is 7.80. The molecule has 0 heterocycles. The standard InChI is InChI=1S/C6H11N2S/c1-2-3-4-5-8-6(7)9/h2-3,7H,4-5H2,1H3,(H,8,9). The lowest BCUT2D eigenvalue weighted by atomic mass is 10.4. The van der Waals surface area contributed by atoms with E-state index in [1.165, 1.54) is 0 Å². The Morgan fingerprint density at radius 2 is 2.44 bits per heavy atom. The monoisotopic (exact) mass is 143 g/mol. The van der Waals surface area contributed by atoms with Crippen molar-refractivity contribution in [1.29, 1.82) is 0 Å². The van der Waals surface area contributed by atoms with Gasteiger partial charge in [-0.1, -0.05) is 12.2 Å². The van der Waals surface area contributed by atoms with Crippen molar-refractivity contribution in [1.82, 2.24) is 11.1 Å². The molecule has 0 rings (SSSR count). The molecule has 3 heteroatoms. The Morgan fingerprint density at radius 1 is 1.78 bits per heavy atom. The summed E-state index contributed by atoms with van der Waals surface area (Å²) in [6.07, 6.45) is 4.95. The number of hydrogen-bond donors (Lipinski definition) is 1. The van der Waals surface area contributed by atoms with Crippen molar-refractivity contribution in [3.63, 3.8) is 0 Å². The van der Waals surface area contributed by atoms with Crippen LogP contribution in [-0.2, 0) is 0 Å². The molecule has 2 N–H and O–H groups in total. The summed E-state index contributed by atoms with van der Waals surface area (Å²) in [4.78, 5) is 0. The minimum Gasteiger partial charge on any atom is -0.361 e. The first-order chi connectivity index (χ1) is 4.27. The van der Waals surface area contributed by atoms with Gasteiger partial charge in [0.1, 0.15) is 0 Å². The number of allylic oxidation sites excluding steroid dienone is 1. The van der Waals surface area contributed by atoms with Crippen LogP contribution in [0.4, 0.5) is 0 Å². The van der Waals surface area contributed by atoms with Crippen LogP contribution >= 0.6 is 12.2 Å². The molecule has 0 aliphatic carbocycles. The molecule has 9 heavy (non-hydrogen) atoms. The third-order valence-corrected chi connectivity index (χ3v) is 0.977. The van der Waals surface area contributed by atoms with Crippen molar-refractivity contribution in [2.45, 2.75) is 13.3 Å². The zero-order valence-corrected chi connectivity index (χ0v) is 6.29. The summed E-state index contributed by atoms with van der Waals surface area (Å²) < 4.78 is 0. The Hall–Kier alpha value is -0.570. The van der Waals surface area contributed by atoms with Crippen LogP contribution in [0.1, 0.15) is 13.3 Å². The van der Waals surface area contributed by atoms with Gasteiger partial charge < -0.3 is 5.32 Å². The molecule has 51 valence electrons. The lowest BCUT2D eigenvalue weighted by molar-refractivity contribution is 0.890. The maximum Gasteiger partial charge on any atom is 0.185 e. The zero-order valence-electron chi connectivity index (χ0n) is 5.48. The first-order valence-electron chi connectivity index (χ1n) is 2.88. The molecule has 0 saturated heterocycles. The van der Waals surface area contributed by atoms with Gasteiger partial charge in [-0.3, -0.25) is 5.73 Å². The fourth-order valence-electron chi connectivity index (χ4n) is 0.436. The van der Waals surface area contributed by atoms with E-state index in [1.54, 1.807) is 0 Å². The van der Waals surface area contributed by atoms with Gasteiger partial charge in [0, 0.05) is 6.54 Å². The van der Waals surface area contributed by atoms with Crippen LogP contribution in [0.3, 0.4) is 0 Å². The number of hydrogen-bond acceptors (Lipinski definition) is 1. The van der Waals surface area contributed by atoms with E-state index in [9.17, 15) is 0 Å². The highest BCUT2D eigenvalue weighted by Crippen LogP contribution is 1.78. The summed E-state index contributed by atoms with van der Waals surface area (Å²) in [6.45, 7) is 2.74. The molecule has 0 unspecified atom stereocenters. The normalized spacial score (nSPS) is 9.89. The van der Waals surface area contributed by atoms with Gasteiger partial charge in [0.05, 0.1) is 0 Å². The average molecular weight is 143 g/mol. The molecule has 0 amide bonds. The Labute approximate surface area is 61.1 Å². The van der Waals surface area contributed by atoms with Crippen LogP contribution in [0.5, 0.6) is 0 Å². The van der Waals surface area contributed by atoms with E-state index in [4.69, 9.17) is 5.73 Å². The van der Waals surface area contributed by atoms with Crippen LogP contribution in [0.2, 0.25) is 0 Å². The third kappa shape index (κ3) is 7.43. The van der Waals surface area contributed by atoms with Crippen molar-refractivity contribution in [3.05, 3.63) is 12.2 Å². The van der Waals surface area contributed by atoms with Crippen LogP contribution in [0.25, 0.3) is 0 Å². The van der Waals surface area contributed by atoms with Gasteiger partial charge in [-0.15, -0.1) is 0 Å². The minimum absolute atomic E-state index is 0.125. The van der Waals surface area contributed by atoms with Crippen LogP contribution in [0.15, 0.2) is 12.2 Å². The molecular weight excluding hydrogens is 132 g/mol. The van der Waals surface area contributed by atoms with Gasteiger partial charge in [0.25, 0.3) is 0 Å². The summed E-state index contributed by atoms with van der Waals surface area (Å²) >= 11 is 4.48. The summed E-state index contributed by atoms with van der Waals surface area (Å²) in [6, 6.07) is 0. The van der Waals surface area contributed by atoms with E-state index in [2.05, 4.69) is 17.5 Å². The van der Waals surface area contributed by atoms with Gasteiger partial charge in [-0.25, -0.2) is 0 Å². The van der Waals surface area contributed by atoms with Crippen molar-refractivity contribution in [2.75, 3.05) is 6.54 Å². The van der Waals surface area contributed by atoms with E-state index in [-0.39, 0.29) is 5.11 Å². The second kappa shape index (κ2) is 5.56. The molecule has 0 aliphatic heterocycles. The second-order valence-electron chi connectivity index (χ2n) is 1.61. The van der Waals surface area contributed by atoms with Gasteiger partial charge in [-0.2, -0.15) is 0 Å². The summed E-state index contributed by atoms with van der Waals surface area (Å²) in [5.41, 5.74) is 6.81. The number of thiocarbonyl (C=S) groups is 1. The average Bonchev–Trinajstić information content (AvgIpc) is 1.80. The Kier molecular flexibility index (Phi) is 5.21.